The molecule has 8 heteroatoms. The van der Waals surface area contributed by atoms with Crippen LogP contribution in [-0.2, 0) is 16.1 Å². The first kappa shape index (κ1) is 21.8. The van der Waals surface area contributed by atoms with Gasteiger partial charge >= 0.3 is 0 Å². The minimum absolute atomic E-state index is 0.165. The molecule has 2 heterocycles. The molecular weight excluding hydrogens is 430 g/mol. The molecule has 1 aromatic heterocycles. The molecule has 172 valence electrons. The number of hydrogen-bond acceptors (Lipinski definition) is 5. The average molecular weight is 456 g/mol. The SMILES string of the molecule is NC(=O)c1cccc2cn(-c3ccc(NC(=O)C4CN(Cc5ccccc5)CCO4)cc3)nc12. The number of carbonyl (C=O) groups is 2. The first-order valence-electron chi connectivity index (χ1n) is 11.1. The summed E-state index contributed by atoms with van der Waals surface area (Å²) >= 11 is 0. The predicted molar refractivity (Wildman–Crippen MR) is 130 cm³/mol. The lowest BCUT2D eigenvalue weighted by Gasteiger charge is -2.32. The molecule has 3 aromatic carbocycles. The number of hydrogen-bond donors (Lipinski definition) is 2. The number of primary amides is 1. The van der Waals surface area contributed by atoms with E-state index in [1.54, 1.807) is 16.8 Å². The Bertz CT molecular complexity index is 1320. The summed E-state index contributed by atoms with van der Waals surface area (Å²) in [4.78, 5) is 26.7. The van der Waals surface area contributed by atoms with E-state index in [0.29, 0.717) is 29.9 Å². The van der Waals surface area contributed by atoms with E-state index in [0.717, 1.165) is 24.2 Å². The highest BCUT2D eigenvalue weighted by Gasteiger charge is 2.26. The zero-order chi connectivity index (χ0) is 23.5. The maximum absolute atomic E-state index is 12.8. The third-order valence-corrected chi connectivity index (χ3v) is 5.89. The average Bonchev–Trinajstić information content (AvgIpc) is 3.29. The van der Waals surface area contributed by atoms with Crippen LogP contribution in [-0.4, -0.2) is 52.3 Å². The number of nitrogens with zero attached hydrogens (tertiary/aromatic N) is 3. The number of benzene rings is 3. The van der Waals surface area contributed by atoms with E-state index in [1.807, 2.05) is 54.7 Å². The third-order valence-electron chi connectivity index (χ3n) is 5.89. The highest BCUT2D eigenvalue weighted by Crippen LogP contribution is 2.21. The van der Waals surface area contributed by atoms with Crippen molar-refractivity contribution in [1.29, 1.82) is 0 Å². The predicted octanol–water partition coefficient (Wildman–Crippen LogP) is 2.96. The summed E-state index contributed by atoms with van der Waals surface area (Å²) in [6, 6.07) is 22.9. The van der Waals surface area contributed by atoms with Crippen LogP contribution < -0.4 is 11.1 Å². The fourth-order valence-corrected chi connectivity index (χ4v) is 4.14. The Balaban J connectivity index is 1.24. The number of ether oxygens (including phenoxy) is 1. The van der Waals surface area contributed by atoms with Crippen LogP contribution in [0.4, 0.5) is 5.69 Å². The molecule has 0 aliphatic carbocycles. The van der Waals surface area contributed by atoms with Gasteiger partial charge in [-0.2, -0.15) is 5.10 Å². The van der Waals surface area contributed by atoms with Gasteiger partial charge in [0.2, 0.25) is 0 Å². The van der Waals surface area contributed by atoms with E-state index >= 15 is 0 Å². The molecule has 1 saturated heterocycles. The van der Waals surface area contributed by atoms with Crippen LogP contribution >= 0.6 is 0 Å². The lowest BCUT2D eigenvalue weighted by molar-refractivity contribution is -0.133. The molecule has 4 aromatic rings. The van der Waals surface area contributed by atoms with Gasteiger partial charge in [0.1, 0.15) is 11.6 Å². The highest BCUT2D eigenvalue weighted by atomic mass is 16.5. The lowest BCUT2D eigenvalue weighted by atomic mass is 10.1. The van der Waals surface area contributed by atoms with Crippen molar-refractivity contribution in [2.24, 2.45) is 5.73 Å². The van der Waals surface area contributed by atoms with Crippen molar-refractivity contribution in [3.63, 3.8) is 0 Å². The van der Waals surface area contributed by atoms with Crippen LogP contribution in [0.1, 0.15) is 15.9 Å². The number of morpholine rings is 1. The smallest absolute Gasteiger partial charge is 0.254 e. The number of amides is 2. The monoisotopic (exact) mass is 455 g/mol. The van der Waals surface area contributed by atoms with E-state index in [9.17, 15) is 9.59 Å². The molecule has 1 atom stereocenters. The van der Waals surface area contributed by atoms with Crippen molar-refractivity contribution in [2.45, 2.75) is 12.6 Å². The van der Waals surface area contributed by atoms with Crippen molar-refractivity contribution < 1.29 is 14.3 Å². The summed E-state index contributed by atoms with van der Waals surface area (Å²) in [5.74, 6) is -0.678. The fraction of sp³-hybridized carbons (Fsp3) is 0.192. The molecule has 0 saturated carbocycles. The van der Waals surface area contributed by atoms with Gasteiger partial charge in [-0.15, -0.1) is 0 Å². The zero-order valence-corrected chi connectivity index (χ0v) is 18.6. The molecule has 0 radical (unpaired) electrons. The van der Waals surface area contributed by atoms with Crippen LogP contribution in [0.2, 0.25) is 0 Å². The van der Waals surface area contributed by atoms with Gasteiger partial charge in [0.25, 0.3) is 11.8 Å². The summed E-state index contributed by atoms with van der Waals surface area (Å²) in [6.45, 7) is 2.65. The molecule has 0 bridgehead atoms. The van der Waals surface area contributed by atoms with Crippen LogP contribution in [0.5, 0.6) is 0 Å². The number of nitrogens with two attached hydrogens (primary N) is 1. The Morgan fingerprint density at radius 1 is 1.03 bits per heavy atom. The first-order valence-corrected chi connectivity index (χ1v) is 11.1. The standard InChI is InChI=1S/C26H25N5O3/c27-25(32)22-8-4-7-19-16-31(29-24(19)22)21-11-9-20(10-12-21)28-26(33)23-17-30(13-14-34-23)15-18-5-2-1-3-6-18/h1-12,16,23H,13-15,17H2,(H2,27,32)(H,28,33). The molecule has 1 unspecified atom stereocenters. The quantitative estimate of drug-likeness (QED) is 0.465. The molecule has 1 aliphatic rings. The van der Waals surface area contributed by atoms with Crippen molar-refractivity contribution >= 4 is 28.4 Å². The summed E-state index contributed by atoms with van der Waals surface area (Å²) in [7, 11) is 0. The van der Waals surface area contributed by atoms with Gasteiger partial charge in [-0.3, -0.25) is 14.5 Å². The number of aromatic nitrogens is 2. The fourth-order valence-electron chi connectivity index (χ4n) is 4.14. The molecule has 3 N–H and O–H groups in total. The number of fused-ring (bicyclic) bond motifs is 1. The van der Waals surface area contributed by atoms with Crippen LogP contribution in [0.3, 0.4) is 0 Å². The Hall–Kier alpha value is -4.01. The maximum Gasteiger partial charge on any atom is 0.254 e. The van der Waals surface area contributed by atoms with Crippen LogP contribution in [0.15, 0.2) is 79.0 Å². The summed E-state index contributed by atoms with van der Waals surface area (Å²) in [6.07, 6.45) is 1.31. The van der Waals surface area contributed by atoms with Gasteiger partial charge in [-0.05, 0) is 35.9 Å². The topological polar surface area (TPSA) is 102 Å². The Morgan fingerprint density at radius 2 is 1.82 bits per heavy atom. The van der Waals surface area contributed by atoms with Crippen LogP contribution in [0.25, 0.3) is 16.6 Å². The largest absolute Gasteiger partial charge is 0.366 e. The third kappa shape index (κ3) is 4.68. The molecule has 34 heavy (non-hydrogen) atoms. The van der Waals surface area contributed by atoms with Crippen LogP contribution in [0, 0.1) is 0 Å². The number of carbonyl (C=O) groups excluding carboxylic acids is 2. The van der Waals surface area contributed by atoms with Gasteiger partial charge in [-0.25, -0.2) is 4.68 Å². The Labute approximate surface area is 196 Å². The van der Waals surface area contributed by atoms with Gasteiger partial charge in [0, 0.05) is 36.9 Å². The molecule has 0 spiro atoms. The summed E-state index contributed by atoms with van der Waals surface area (Å²) < 4.78 is 7.42. The number of rotatable bonds is 6. The van der Waals surface area contributed by atoms with Gasteiger partial charge < -0.3 is 15.8 Å². The highest BCUT2D eigenvalue weighted by molar-refractivity contribution is 6.04. The van der Waals surface area contributed by atoms with Gasteiger partial charge in [0.05, 0.1) is 17.9 Å². The molecule has 5 rings (SSSR count). The second-order valence-electron chi connectivity index (χ2n) is 8.30. The normalized spacial score (nSPS) is 16.4. The Morgan fingerprint density at radius 3 is 2.59 bits per heavy atom. The number of anilines is 1. The molecular formula is C26H25N5O3. The van der Waals surface area contributed by atoms with Crippen molar-refractivity contribution in [3.8, 4) is 5.69 Å². The van der Waals surface area contributed by atoms with E-state index in [4.69, 9.17) is 10.5 Å². The second-order valence-corrected chi connectivity index (χ2v) is 8.30. The molecule has 2 amide bonds. The zero-order valence-electron chi connectivity index (χ0n) is 18.6. The molecule has 1 aliphatic heterocycles. The van der Waals surface area contributed by atoms with Crippen molar-refractivity contribution in [1.82, 2.24) is 14.7 Å². The van der Waals surface area contributed by atoms with Gasteiger partial charge in [0.15, 0.2) is 0 Å². The first-order chi connectivity index (χ1) is 16.6. The lowest BCUT2D eigenvalue weighted by Crippen LogP contribution is -2.47. The van der Waals surface area contributed by atoms with Crippen molar-refractivity contribution in [2.75, 3.05) is 25.0 Å². The van der Waals surface area contributed by atoms with E-state index in [-0.39, 0.29) is 5.91 Å². The maximum atomic E-state index is 12.8. The number of nitrogens with one attached hydrogen (secondary N) is 1. The summed E-state index contributed by atoms with van der Waals surface area (Å²) in [5, 5.41) is 8.28. The van der Waals surface area contributed by atoms with Gasteiger partial charge in [-0.1, -0.05) is 42.5 Å². The minimum Gasteiger partial charge on any atom is -0.366 e. The Kier molecular flexibility index (Phi) is 6.07. The molecule has 1 fully saturated rings. The van der Waals surface area contributed by atoms with Crippen molar-refractivity contribution in [3.05, 3.63) is 90.1 Å². The minimum atomic E-state index is -0.527. The van der Waals surface area contributed by atoms with E-state index in [2.05, 4.69) is 27.4 Å². The van der Waals surface area contributed by atoms with E-state index in [1.165, 1.54) is 5.56 Å². The van der Waals surface area contributed by atoms with E-state index < -0.39 is 12.0 Å². The second kappa shape index (κ2) is 9.46. The summed E-state index contributed by atoms with van der Waals surface area (Å²) in [5.41, 5.74) is 9.09. The molecule has 8 nitrogen and oxygen atoms in total.